The molecule has 158 valence electrons. The number of benzene rings is 1. The van der Waals surface area contributed by atoms with E-state index in [9.17, 15) is 9.59 Å². The molecular weight excluding hydrogens is 380 g/mol. The van der Waals surface area contributed by atoms with Crippen molar-refractivity contribution >= 4 is 28.4 Å². The number of aromatic nitrogens is 3. The zero-order valence-electron chi connectivity index (χ0n) is 17.4. The first kappa shape index (κ1) is 20.0. The highest BCUT2D eigenvalue weighted by Crippen LogP contribution is 2.23. The first-order valence-electron chi connectivity index (χ1n) is 10.3. The van der Waals surface area contributed by atoms with Crippen LogP contribution in [0.4, 0.5) is 5.69 Å². The summed E-state index contributed by atoms with van der Waals surface area (Å²) in [6.07, 6.45) is 7.37. The number of fused-ring (bicyclic) bond motifs is 1. The summed E-state index contributed by atoms with van der Waals surface area (Å²) < 4.78 is 3.48. The van der Waals surface area contributed by atoms with Gasteiger partial charge in [0, 0.05) is 49.2 Å². The molecular formula is C22H28N6O2. The van der Waals surface area contributed by atoms with E-state index in [1.807, 2.05) is 39.9 Å². The van der Waals surface area contributed by atoms with Gasteiger partial charge in [-0.1, -0.05) is 13.0 Å². The second kappa shape index (κ2) is 8.22. The Hall–Kier alpha value is -3.29. The second-order valence-corrected chi connectivity index (χ2v) is 8.20. The van der Waals surface area contributed by atoms with Crippen molar-refractivity contribution in [2.45, 2.75) is 32.4 Å². The van der Waals surface area contributed by atoms with Gasteiger partial charge in [0.1, 0.15) is 12.6 Å². The molecule has 3 heterocycles. The Bertz CT molecular complexity index is 1070. The standard InChI is InChI=1S/C22H28N6O2/c1-15-5-4-9-28(12-15)22(30)21(16-11-24-26(2)13-16)25-20(29)14-27-10-8-17-18(23)6-3-7-19(17)27/h3,6-8,10-11,13,15,21H,4-5,9,12,14,23H2,1-2H3,(H,25,29). The third kappa shape index (κ3) is 4.03. The molecule has 3 aromatic rings. The minimum atomic E-state index is -0.747. The van der Waals surface area contributed by atoms with Gasteiger partial charge in [-0.2, -0.15) is 5.10 Å². The number of anilines is 1. The maximum atomic E-state index is 13.3. The molecule has 2 aromatic heterocycles. The Balaban J connectivity index is 1.54. The van der Waals surface area contributed by atoms with Crippen molar-refractivity contribution in [1.29, 1.82) is 0 Å². The molecule has 0 saturated carbocycles. The van der Waals surface area contributed by atoms with Gasteiger partial charge in [0.2, 0.25) is 11.8 Å². The molecule has 0 radical (unpaired) electrons. The maximum absolute atomic E-state index is 13.3. The van der Waals surface area contributed by atoms with Crippen LogP contribution in [0.5, 0.6) is 0 Å². The number of hydrogen-bond donors (Lipinski definition) is 2. The van der Waals surface area contributed by atoms with Gasteiger partial charge < -0.3 is 20.5 Å². The molecule has 30 heavy (non-hydrogen) atoms. The number of aryl methyl sites for hydroxylation is 1. The summed E-state index contributed by atoms with van der Waals surface area (Å²) in [5, 5.41) is 8.04. The van der Waals surface area contributed by atoms with Crippen molar-refractivity contribution in [3.8, 4) is 0 Å². The summed E-state index contributed by atoms with van der Waals surface area (Å²) in [6.45, 7) is 3.69. The Morgan fingerprint density at radius 2 is 2.17 bits per heavy atom. The minimum absolute atomic E-state index is 0.0792. The van der Waals surface area contributed by atoms with Gasteiger partial charge in [0.15, 0.2) is 0 Å². The number of hydrogen-bond acceptors (Lipinski definition) is 4. The van der Waals surface area contributed by atoms with Crippen molar-refractivity contribution in [3.05, 3.63) is 48.4 Å². The van der Waals surface area contributed by atoms with Crippen molar-refractivity contribution in [3.63, 3.8) is 0 Å². The Morgan fingerprint density at radius 1 is 1.33 bits per heavy atom. The lowest BCUT2D eigenvalue weighted by molar-refractivity contribution is -0.138. The number of nitrogens with zero attached hydrogens (tertiary/aromatic N) is 4. The first-order valence-corrected chi connectivity index (χ1v) is 10.3. The Labute approximate surface area is 175 Å². The number of nitrogens with one attached hydrogen (secondary N) is 1. The monoisotopic (exact) mass is 408 g/mol. The third-order valence-corrected chi connectivity index (χ3v) is 5.74. The molecule has 0 bridgehead atoms. The van der Waals surface area contributed by atoms with E-state index >= 15 is 0 Å². The van der Waals surface area contributed by atoms with Gasteiger partial charge in [-0.25, -0.2) is 0 Å². The molecule has 1 saturated heterocycles. The highest BCUT2D eigenvalue weighted by Gasteiger charge is 2.31. The van der Waals surface area contributed by atoms with Crippen LogP contribution in [0, 0.1) is 5.92 Å². The lowest BCUT2D eigenvalue weighted by Gasteiger charge is -2.33. The van der Waals surface area contributed by atoms with E-state index in [-0.39, 0.29) is 18.4 Å². The topological polar surface area (TPSA) is 98.2 Å². The van der Waals surface area contributed by atoms with E-state index in [1.54, 1.807) is 24.1 Å². The van der Waals surface area contributed by atoms with E-state index in [0.29, 0.717) is 23.7 Å². The highest BCUT2D eigenvalue weighted by atomic mass is 16.2. The predicted octanol–water partition coefficient (Wildman–Crippen LogP) is 2.07. The van der Waals surface area contributed by atoms with Crippen molar-refractivity contribution < 1.29 is 9.59 Å². The van der Waals surface area contributed by atoms with Gasteiger partial charge in [0.25, 0.3) is 0 Å². The lowest BCUT2D eigenvalue weighted by Crippen LogP contribution is -2.47. The van der Waals surface area contributed by atoms with Crippen molar-refractivity contribution in [2.75, 3.05) is 18.8 Å². The number of nitrogens with two attached hydrogens (primary N) is 1. The van der Waals surface area contributed by atoms with Crippen LogP contribution in [0.25, 0.3) is 10.9 Å². The first-order chi connectivity index (χ1) is 14.4. The zero-order chi connectivity index (χ0) is 21.3. The molecule has 1 aromatic carbocycles. The summed E-state index contributed by atoms with van der Waals surface area (Å²) >= 11 is 0. The van der Waals surface area contributed by atoms with Crippen LogP contribution in [-0.2, 0) is 23.2 Å². The van der Waals surface area contributed by atoms with E-state index in [1.165, 1.54) is 0 Å². The van der Waals surface area contributed by atoms with E-state index < -0.39 is 6.04 Å². The molecule has 2 atom stereocenters. The summed E-state index contributed by atoms with van der Waals surface area (Å²) in [4.78, 5) is 28.1. The largest absolute Gasteiger partial charge is 0.398 e. The highest BCUT2D eigenvalue weighted by molar-refractivity contribution is 5.93. The predicted molar refractivity (Wildman–Crippen MR) is 115 cm³/mol. The molecule has 4 rings (SSSR count). The molecule has 0 spiro atoms. The van der Waals surface area contributed by atoms with Crippen LogP contribution in [0.1, 0.15) is 31.4 Å². The number of rotatable bonds is 5. The fourth-order valence-corrected chi connectivity index (χ4v) is 4.20. The van der Waals surface area contributed by atoms with Crippen LogP contribution < -0.4 is 11.1 Å². The Kier molecular flexibility index (Phi) is 5.48. The quantitative estimate of drug-likeness (QED) is 0.632. The van der Waals surface area contributed by atoms with Gasteiger partial charge in [-0.15, -0.1) is 0 Å². The third-order valence-electron chi connectivity index (χ3n) is 5.74. The van der Waals surface area contributed by atoms with E-state index in [2.05, 4.69) is 17.3 Å². The average Bonchev–Trinajstić information content (AvgIpc) is 3.33. The van der Waals surface area contributed by atoms with Gasteiger partial charge in [-0.05, 0) is 37.0 Å². The molecule has 0 aliphatic carbocycles. The smallest absolute Gasteiger partial charge is 0.249 e. The molecule has 8 nitrogen and oxygen atoms in total. The number of amides is 2. The Morgan fingerprint density at radius 3 is 2.90 bits per heavy atom. The van der Waals surface area contributed by atoms with Crippen LogP contribution in [0.3, 0.4) is 0 Å². The fraction of sp³-hybridized carbons (Fsp3) is 0.409. The van der Waals surface area contributed by atoms with E-state index in [0.717, 1.165) is 30.3 Å². The lowest BCUT2D eigenvalue weighted by atomic mass is 9.99. The summed E-state index contributed by atoms with van der Waals surface area (Å²) in [5.74, 6) is 0.149. The van der Waals surface area contributed by atoms with Crippen LogP contribution in [0.15, 0.2) is 42.9 Å². The molecule has 1 aliphatic rings. The summed E-state index contributed by atoms with van der Waals surface area (Å²) in [6, 6.07) is 6.78. The van der Waals surface area contributed by atoms with Crippen molar-refractivity contribution in [2.24, 2.45) is 13.0 Å². The molecule has 2 amide bonds. The maximum Gasteiger partial charge on any atom is 0.249 e. The minimum Gasteiger partial charge on any atom is -0.398 e. The molecule has 2 unspecified atom stereocenters. The number of piperidine rings is 1. The number of nitrogen functional groups attached to an aromatic ring is 1. The van der Waals surface area contributed by atoms with Gasteiger partial charge >= 0.3 is 0 Å². The zero-order valence-corrected chi connectivity index (χ0v) is 17.4. The number of likely N-dealkylation sites (tertiary alicyclic amines) is 1. The van der Waals surface area contributed by atoms with E-state index in [4.69, 9.17) is 5.73 Å². The van der Waals surface area contributed by atoms with Crippen LogP contribution in [-0.4, -0.2) is 44.2 Å². The summed E-state index contributed by atoms with van der Waals surface area (Å²) in [5.41, 5.74) is 8.27. The molecule has 3 N–H and O–H groups in total. The summed E-state index contributed by atoms with van der Waals surface area (Å²) in [7, 11) is 1.80. The SMILES string of the molecule is CC1CCCN(C(=O)C(NC(=O)Cn2ccc3c(N)cccc32)c2cnn(C)c2)C1. The van der Waals surface area contributed by atoms with Crippen molar-refractivity contribution in [1.82, 2.24) is 24.6 Å². The normalized spacial score (nSPS) is 17.8. The average molecular weight is 409 g/mol. The van der Waals surface area contributed by atoms with Gasteiger partial charge in [0.05, 0.1) is 11.7 Å². The van der Waals surface area contributed by atoms with Gasteiger partial charge in [-0.3, -0.25) is 14.3 Å². The number of carbonyl (C=O) groups is 2. The molecule has 1 aliphatic heterocycles. The number of carbonyl (C=O) groups excluding carboxylic acids is 2. The van der Waals surface area contributed by atoms with Crippen LogP contribution in [0.2, 0.25) is 0 Å². The molecule has 1 fully saturated rings. The fourth-order valence-electron chi connectivity index (χ4n) is 4.20. The second-order valence-electron chi connectivity index (χ2n) is 8.20. The van der Waals surface area contributed by atoms with Crippen LogP contribution >= 0.6 is 0 Å². The molecule has 8 heteroatoms.